The normalized spacial score (nSPS) is 17.5. The maximum Gasteiger partial charge on any atom is 0.152 e. The van der Waals surface area contributed by atoms with Crippen molar-refractivity contribution in [1.29, 1.82) is 0 Å². The van der Waals surface area contributed by atoms with Gasteiger partial charge in [0, 0.05) is 37.7 Å². The van der Waals surface area contributed by atoms with Crippen LogP contribution in [0, 0.1) is 5.92 Å². The monoisotopic (exact) mass is 330 g/mol. The van der Waals surface area contributed by atoms with Crippen molar-refractivity contribution in [3.8, 4) is 0 Å². The Bertz CT molecular complexity index is 606. The standard InChI is InChI=1S/C15H18N6O3/c1-4-16-22-13(1)7-12-8-20(10-14-2-5-17-23-14)19-21(9-12)11-15-3-6-18-24-15/h1-6,12,19H,7-11H2. The van der Waals surface area contributed by atoms with Crippen molar-refractivity contribution in [3.05, 3.63) is 54.1 Å². The third-order valence-electron chi connectivity index (χ3n) is 3.90. The summed E-state index contributed by atoms with van der Waals surface area (Å²) in [4.78, 5) is 0. The molecule has 0 radical (unpaired) electrons. The van der Waals surface area contributed by atoms with E-state index in [9.17, 15) is 0 Å². The summed E-state index contributed by atoms with van der Waals surface area (Å²) in [5.41, 5.74) is 3.38. The Morgan fingerprint density at radius 1 is 0.833 bits per heavy atom. The summed E-state index contributed by atoms with van der Waals surface area (Å²) in [6.07, 6.45) is 5.80. The van der Waals surface area contributed by atoms with E-state index in [1.807, 2.05) is 18.2 Å². The molecular formula is C15H18N6O3. The molecule has 0 saturated carbocycles. The Balaban J connectivity index is 1.44. The van der Waals surface area contributed by atoms with Gasteiger partial charge in [-0.25, -0.2) is 10.0 Å². The van der Waals surface area contributed by atoms with Crippen LogP contribution in [-0.4, -0.2) is 38.6 Å². The SMILES string of the molecule is c1cc(CC2CN(Cc3ccno3)NN(Cc3ccno3)C2)on1. The summed E-state index contributed by atoms with van der Waals surface area (Å²) in [5.74, 6) is 2.89. The highest BCUT2D eigenvalue weighted by atomic mass is 16.5. The van der Waals surface area contributed by atoms with Crippen LogP contribution >= 0.6 is 0 Å². The number of nitrogens with one attached hydrogen (secondary N) is 1. The zero-order valence-electron chi connectivity index (χ0n) is 13.0. The van der Waals surface area contributed by atoms with Gasteiger partial charge in [0.2, 0.25) is 0 Å². The molecule has 1 aliphatic rings. The quantitative estimate of drug-likeness (QED) is 0.716. The molecule has 9 nitrogen and oxygen atoms in total. The number of rotatable bonds is 6. The van der Waals surface area contributed by atoms with E-state index in [2.05, 4.69) is 31.0 Å². The fourth-order valence-electron chi connectivity index (χ4n) is 2.95. The third kappa shape index (κ3) is 3.70. The van der Waals surface area contributed by atoms with Crippen molar-refractivity contribution in [2.75, 3.05) is 13.1 Å². The highest BCUT2D eigenvalue weighted by Gasteiger charge is 2.27. The van der Waals surface area contributed by atoms with E-state index in [4.69, 9.17) is 13.6 Å². The molecule has 24 heavy (non-hydrogen) atoms. The van der Waals surface area contributed by atoms with Gasteiger partial charge in [-0.3, -0.25) is 0 Å². The van der Waals surface area contributed by atoms with E-state index in [1.165, 1.54) is 0 Å². The molecule has 1 fully saturated rings. The smallest absolute Gasteiger partial charge is 0.152 e. The van der Waals surface area contributed by atoms with Crippen LogP contribution in [0.15, 0.2) is 50.4 Å². The molecule has 126 valence electrons. The minimum atomic E-state index is 0.380. The van der Waals surface area contributed by atoms with Gasteiger partial charge in [-0.2, -0.15) is 5.53 Å². The van der Waals surface area contributed by atoms with E-state index < -0.39 is 0 Å². The Morgan fingerprint density at radius 3 is 1.79 bits per heavy atom. The zero-order chi connectivity index (χ0) is 16.2. The lowest BCUT2D eigenvalue weighted by molar-refractivity contribution is -0.0617. The summed E-state index contributed by atoms with van der Waals surface area (Å²) in [6.45, 7) is 2.96. The maximum atomic E-state index is 5.25. The van der Waals surface area contributed by atoms with Crippen LogP contribution in [0.5, 0.6) is 0 Å². The highest BCUT2D eigenvalue weighted by molar-refractivity contribution is 4.98. The second-order valence-corrected chi connectivity index (χ2v) is 5.87. The van der Waals surface area contributed by atoms with Gasteiger partial charge >= 0.3 is 0 Å². The predicted molar refractivity (Wildman–Crippen MR) is 80.7 cm³/mol. The Morgan fingerprint density at radius 2 is 1.33 bits per heavy atom. The number of nitrogens with zero attached hydrogens (tertiary/aromatic N) is 5. The largest absolute Gasteiger partial charge is 0.361 e. The van der Waals surface area contributed by atoms with Crippen molar-refractivity contribution >= 4 is 0 Å². The van der Waals surface area contributed by atoms with Crippen LogP contribution < -0.4 is 5.53 Å². The van der Waals surface area contributed by atoms with Gasteiger partial charge < -0.3 is 13.6 Å². The summed E-state index contributed by atoms with van der Waals surface area (Å²) in [6, 6.07) is 5.63. The van der Waals surface area contributed by atoms with Crippen LogP contribution in [0.3, 0.4) is 0 Å². The Hall–Kier alpha value is -2.49. The molecule has 0 spiro atoms. The number of hydrogen-bond acceptors (Lipinski definition) is 9. The van der Waals surface area contributed by atoms with Crippen molar-refractivity contribution in [2.24, 2.45) is 5.92 Å². The van der Waals surface area contributed by atoms with E-state index in [0.29, 0.717) is 19.0 Å². The van der Waals surface area contributed by atoms with Gasteiger partial charge in [-0.05, 0) is 5.92 Å². The van der Waals surface area contributed by atoms with Crippen molar-refractivity contribution in [1.82, 2.24) is 31.0 Å². The van der Waals surface area contributed by atoms with E-state index in [1.54, 1.807) is 18.6 Å². The molecule has 0 bridgehead atoms. The minimum Gasteiger partial charge on any atom is -0.361 e. The van der Waals surface area contributed by atoms with Crippen molar-refractivity contribution < 1.29 is 13.6 Å². The Kier molecular flexibility index (Phi) is 4.36. The molecule has 1 aliphatic heterocycles. The first-order valence-corrected chi connectivity index (χ1v) is 7.80. The summed E-state index contributed by atoms with van der Waals surface area (Å²) >= 11 is 0. The molecule has 9 heteroatoms. The maximum absolute atomic E-state index is 5.25. The lowest BCUT2D eigenvalue weighted by Crippen LogP contribution is -2.58. The topological polar surface area (TPSA) is 96.6 Å². The average molecular weight is 330 g/mol. The highest BCUT2D eigenvalue weighted by Crippen LogP contribution is 2.18. The number of aromatic nitrogens is 3. The second kappa shape index (κ2) is 6.95. The molecule has 1 saturated heterocycles. The first-order chi connectivity index (χ1) is 11.8. The molecule has 4 heterocycles. The van der Waals surface area contributed by atoms with Crippen LogP contribution in [-0.2, 0) is 19.5 Å². The van der Waals surface area contributed by atoms with Crippen molar-refractivity contribution in [2.45, 2.75) is 19.5 Å². The Labute approximate surface area is 138 Å². The number of hydrogen-bond donors (Lipinski definition) is 1. The molecule has 3 aromatic rings. The van der Waals surface area contributed by atoms with Crippen molar-refractivity contribution in [3.63, 3.8) is 0 Å². The fraction of sp³-hybridized carbons (Fsp3) is 0.400. The molecule has 0 atom stereocenters. The second-order valence-electron chi connectivity index (χ2n) is 5.87. The van der Waals surface area contributed by atoms with Gasteiger partial charge in [0.1, 0.15) is 5.76 Å². The third-order valence-corrected chi connectivity index (χ3v) is 3.90. The van der Waals surface area contributed by atoms with Gasteiger partial charge in [0.15, 0.2) is 11.5 Å². The van der Waals surface area contributed by atoms with Crippen LogP contribution in [0.25, 0.3) is 0 Å². The van der Waals surface area contributed by atoms with E-state index >= 15 is 0 Å². The lowest BCUT2D eigenvalue weighted by Gasteiger charge is -2.39. The summed E-state index contributed by atoms with van der Waals surface area (Å²) in [5, 5.41) is 15.5. The van der Waals surface area contributed by atoms with Gasteiger partial charge in [0.25, 0.3) is 0 Å². The fourth-order valence-corrected chi connectivity index (χ4v) is 2.95. The van der Waals surface area contributed by atoms with Gasteiger partial charge in [-0.1, -0.05) is 15.5 Å². The lowest BCUT2D eigenvalue weighted by atomic mass is 10.0. The van der Waals surface area contributed by atoms with Gasteiger partial charge in [0.05, 0.1) is 31.7 Å². The molecule has 1 N–H and O–H groups in total. The molecule has 3 aromatic heterocycles. The first kappa shape index (κ1) is 15.1. The molecule has 0 aromatic carbocycles. The number of hydrazine groups is 2. The van der Waals surface area contributed by atoms with Crippen LogP contribution in [0.1, 0.15) is 17.3 Å². The molecular weight excluding hydrogens is 312 g/mol. The first-order valence-electron chi connectivity index (χ1n) is 7.80. The molecule has 0 aliphatic carbocycles. The van der Waals surface area contributed by atoms with Gasteiger partial charge in [-0.15, -0.1) is 0 Å². The van der Waals surface area contributed by atoms with E-state index in [-0.39, 0.29) is 0 Å². The molecule has 0 amide bonds. The van der Waals surface area contributed by atoms with E-state index in [0.717, 1.165) is 36.8 Å². The summed E-state index contributed by atoms with van der Waals surface area (Å²) < 4.78 is 15.7. The predicted octanol–water partition coefficient (Wildman–Crippen LogP) is 1.25. The van der Waals surface area contributed by atoms with Crippen LogP contribution in [0.4, 0.5) is 0 Å². The zero-order valence-corrected chi connectivity index (χ0v) is 13.0. The minimum absolute atomic E-state index is 0.380. The molecule has 0 unspecified atom stereocenters. The summed E-state index contributed by atoms with van der Waals surface area (Å²) in [7, 11) is 0. The van der Waals surface area contributed by atoms with Crippen LogP contribution in [0.2, 0.25) is 0 Å². The molecule has 4 rings (SSSR count). The average Bonchev–Trinajstić information content (AvgIpc) is 3.30.